The molecular weight excluding hydrogens is 541 g/mol. The summed E-state index contributed by atoms with van der Waals surface area (Å²) in [5.74, 6) is 0.0756. The lowest BCUT2D eigenvalue weighted by molar-refractivity contribution is -0.0273. The summed E-state index contributed by atoms with van der Waals surface area (Å²) in [7, 11) is 2.17. The monoisotopic (exact) mass is 579 g/mol. The Kier molecular flexibility index (Phi) is 9.18. The molecule has 212 valence electrons. The molecule has 40 heavy (non-hydrogen) atoms. The zero-order valence-corrected chi connectivity index (χ0v) is 24.7. The number of halogens is 2. The van der Waals surface area contributed by atoms with E-state index in [-0.39, 0.29) is 11.3 Å². The second-order valence-corrected chi connectivity index (χ2v) is 12.4. The number of aliphatic hydroxyl groups is 1. The van der Waals surface area contributed by atoms with E-state index in [1.54, 1.807) is 0 Å². The molecule has 3 aromatic rings. The van der Waals surface area contributed by atoms with Crippen LogP contribution in [0.5, 0.6) is 0 Å². The summed E-state index contributed by atoms with van der Waals surface area (Å²) < 4.78 is 0. The van der Waals surface area contributed by atoms with E-state index in [0.717, 1.165) is 81.6 Å². The number of amides is 1. The average molecular weight is 581 g/mol. The highest BCUT2D eigenvalue weighted by Gasteiger charge is 2.40. The van der Waals surface area contributed by atoms with E-state index < -0.39 is 5.60 Å². The fourth-order valence-corrected chi connectivity index (χ4v) is 6.74. The van der Waals surface area contributed by atoms with Gasteiger partial charge in [-0.3, -0.25) is 4.79 Å². The molecule has 3 aromatic carbocycles. The number of piperidine rings is 2. The van der Waals surface area contributed by atoms with Crippen molar-refractivity contribution in [3.05, 3.63) is 106 Å². The van der Waals surface area contributed by atoms with Gasteiger partial charge in [0, 0.05) is 56.8 Å². The molecule has 5 nitrogen and oxygen atoms in total. The summed E-state index contributed by atoms with van der Waals surface area (Å²) >= 11 is 12.8. The van der Waals surface area contributed by atoms with Crippen LogP contribution in [0.1, 0.15) is 47.2 Å². The lowest BCUT2D eigenvalue weighted by Crippen LogP contribution is -2.54. The van der Waals surface area contributed by atoms with Gasteiger partial charge in [-0.2, -0.15) is 0 Å². The van der Waals surface area contributed by atoms with E-state index in [9.17, 15) is 9.90 Å². The minimum Gasteiger partial charge on any atom is -0.385 e. The normalized spacial score (nSPS) is 21.5. The van der Waals surface area contributed by atoms with Gasteiger partial charge in [0.25, 0.3) is 5.91 Å². The van der Waals surface area contributed by atoms with Crippen molar-refractivity contribution < 1.29 is 9.90 Å². The van der Waals surface area contributed by atoms with Crippen LogP contribution in [0.3, 0.4) is 0 Å². The molecule has 0 saturated carbocycles. The van der Waals surface area contributed by atoms with Gasteiger partial charge in [0.1, 0.15) is 0 Å². The van der Waals surface area contributed by atoms with Gasteiger partial charge in [-0.1, -0.05) is 77.8 Å². The van der Waals surface area contributed by atoms with Crippen LogP contribution in [0.15, 0.2) is 78.9 Å². The van der Waals surface area contributed by atoms with Crippen molar-refractivity contribution in [1.29, 1.82) is 0 Å². The Morgan fingerprint density at radius 3 is 2.23 bits per heavy atom. The van der Waals surface area contributed by atoms with Gasteiger partial charge in [0.15, 0.2) is 0 Å². The molecule has 1 unspecified atom stereocenters. The van der Waals surface area contributed by atoms with Gasteiger partial charge >= 0.3 is 0 Å². The van der Waals surface area contributed by atoms with Crippen molar-refractivity contribution in [1.82, 2.24) is 14.7 Å². The molecule has 5 rings (SSSR count). The standard InChI is InChI=1S/C33H39Cl2N3O2/c1-36(21-22-37-19-16-33(40,17-20-37)27-11-6-3-7-12-27)24-32(28-13-14-29(34)30(35)23-28)15-8-18-38(25-32)31(39)26-9-4-2-5-10-26/h2-7,9-14,23,40H,8,15-22,24-25H2,1H3. The van der Waals surface area contributed by atoms with E-state index >= 15 is 0 Å². The van der Waals surface area contributed by atoms with Crippen LogP contribution < -0.4 is 0 Å². The Labute approximate surface area is 248 Å². The summed E-state index contributed by atoms with van der Waals surface area (Å²) in [6.07, 6.45) is 3.38. The highest BCUT2D eigenvalue weighted by Crippen LogP contribution is 2.38. The third-order valence-electron chi connectivity index (χ3n) is 8.78. The first kappa shape index (κ1) is 29.1. The van der Waals surface area contributed by atoms with Gasteiger partial charge in [-0.05, 0) is 68.1 Å². The third kappa shape index (κ3) is 6.56. The average Bonchev–Trinajstić information content (AvgIpc) is 2.99. The first-order valence-electron chi connectivity index (χ1n) is 14.3. The summed E-state index contributed by atoms with van der Waals surface area (Å²) in [4.78, 5) is 20.3. The number of hydrogen-bond donors (Lipinski definition) is 1. The Morgan fingerprint density at radius 2 is 1.55 bits per heavy atom. The molecule has 1 amide bonds. The topological polar surface area (TPSA) is 47.0 Å². The summed E-state index contributed by atoms with van der Waals surface area (Å²) in [6.45, 7) is 5.78. The van der Waals surface area contributed by atoms with Crippen LogP contribution >= 0.6 is 23.2 Å². The molecule has 2 aliphatic heterocycles. The van der Waals surface area contributed by atoms with Crippen LogP contribution in [-0.2, 0) is 11.0 Å². The first-order chi connectivity index (χ1) is 19.3. The SMILES string of the molecule is CN(CCN1CCC(O)(c2ccccc2)CC1)CC1(c2ccc(Cl)c(Cl)c2)CCCN(C(=O)c2ccccc2)C1. The summed E-state index contributed by atoms with van der Waals surface area (Å²) in [6, 6.07) is 25.5. The van der Waals surface area contributed by atoms with Gasteiger partial charge in [0.05, 0.1) is 15.6 Å². The number of likely N-dealkylation sites (tertiary alicyclic amines) is 2. The Bertz CT molecular complexity index is 1280. The summed E-state index contributed by atoms with van der Waals surface area (Å²) in [5, 5.41) is 12.3. The van der Waals surface area contributed by atoms with Crippen LogP contribution in [-0.4, -0.2) is 78.6 Å². The predicted octanol–water partition coefficient (Wildman–Crippen LogP) is 6.08. The fraction of sp³-hybridized carbons (Fsp3) is 0.424. The van der Waals surface area contributed by atoms with Gasteiger partial charge in [0.2, 0.25) is 0 Å². The maximum Gasteiger partial charge on any atom is 0.253 e. The van der Waals surface area contributed by atoms with Crippen molar-refractivity contribution in [2.24, 2.45) is 0 Å². The maximum absolute atomic E-state index is 13.5. The van der Waals surface area contributed by atoms with E-state index in [2.05, 4.69) is 22.9 Å². The first-order valence-corrected chi connectivity index (χ1v) is 15.0. The Balaban J connectivity index is 1.26. The lowest BCUT2D eigenvalue weighted by Gasteiger charge is -2.46. The molecular formula is C33H39Cl2N3O2. The highest BCUT2D eigenvalue weighted by atomic mass is 35.5. The molecule has 1 atom stereocenters. The van der Waals surface area contributed by atoms with Crippen LogP contribution in [0, 0.1) is 0 Å². The van der Waals surface area contributed by atoms with Crippen molar-refractivity contribution >= 4 is 29.1 Å². The molecule has 0 aliphatic carbocycles. The highest BCUT2D eigenvalue weighted by molar-refractivity contribution is 6.42. The Hall–Kier alpha value is -2.41. The van der Waals surface area contributed by atoms with Crippen molar-refractivity contribution in [2.75, 3.05) is 52.9 Å². The van der Waals surface area contributed by atoms with Crippen molar-refractivity contribution in [2.45, 2.75) is 36.7 Å². The molecule has 2 fully saturated rings. The van der Waals surface area contributed by atoms with E-state index in [4.69, 9.17) is 23.2 Å². The number of benzene rings is 3. The molecule has 7 heteroatoms. The molecule has 0 aromatic heterocycles. The largest absolute Gasteiger partial charge is 0.385 e. The quantitative estimate of drug-likeness (QED) is 0.351. The zero-order valence-electron chi connectivity index (χ0n) is 23.2. The molecule has 2 aliphatic rings. The van der Waals surface area contributed by atoms with Gasteiger partial charge in [-0.25, -0.2) is 0 Å². The third-order valence-corrected chi connectivity index (χ3v) is 9.52. The second-order valence-electron chi connectivity index (χ2n) is 11.6. The molecule has 1 N–H and O–H groups in total. The fourth-order valence-electron chi connectivity index (χ4n) is 6.44. The molecule has 0 bridgehead atoms. The van der Waals surface area contributed by atoms with Gasteiger partial charge < -0.3 is 19.8 Å². The number of carbonyl (C=O) groups excluding carboxylic acids is 1. The smallest absolute Gasteiger partial charge is 0.253 e. The number of hydrogen-bond acceptors (Lipinski definition) is 4. The number of likely N-dealkylation sites (N-methyl/N-ethyl adjacent to an activating group) is 1. The minimum absolute atomic E-state index is 0.0756. The van der Waals surface area contributed by atoms with Gasteiger partial charge in [-0.15, -0.1) is 0 Å². The molecule has 2 heterocycles. The van der Waals surface area contributed by atoms with E-state index in [1.807, 2.05) is 77.7 Å². The zero-order chi connectivity index (χ0) is 28.2. The van der Waals surface area contributed by atoms with Crippen LogP contribution in [0.25, 0.3) is 0 Å². The number of nitrogens with zero attached hydrogens (tertiary/aromatic N) is 3. The van der Waals surface area contributed by atoms with Crippen molar-refractivity contribution in [3.63, 3.8) is 0 Å². The van der Waals surface area contributed by atoms with E-state index in [1.165, 1.54) is 0 Å². The second kappa shape index (κ2) is 12.6. The number of carbonyl (C=O) groups is 1. The predicted molar refractivity (Wildman–Crippen MR) is 163 cm³/mol. The maximum atomic E-state index is 13.5. The molecule has 0 radical (unpaired) electrons. The van der Waals surface area contributed by atoms with E-state index in [0.29, 0.717) is 16.6 Å². The van der Waals surface area contributed by atoms with Crippen molar-refractivity contribution in [3.8, 4) is 0 Å². The molecule has 2 saturated heterocycles. The number of rotatable bonds is 8. The summed E-state index contributed by atoms with van der Waals surface area (Å²) in [5.41, 5.74) is 1.88. The van der Waals surface area contributed by atoms with Crippen LogP contribution in [0.2, 0.25) is 10.0 Å². The lowest BCUT2D eigenvalue weighted by atomic mass is 9.73. The Morgan fingerprint density at radius 1 is 0.875 bits per heavy atom. The van der Waals surface area contributed by atoms with Crippen LogP contribution in [0.4, 0.5) is 0 Å². The molecule has 0 spiro atoms. The minimum atomic E-state index is -0.738.